The number of hydrogen-bond donors (Lipinski definition) is 2. The predicted octanol–water partition coefficient (Wildman–Crippen LogP) is 5.53. The minimum absolute atomic E-state index is 0.155. The first-order valence-electron chi connectivity index (χ1n) is 13.5. The molecule has 2 aromatic rings. The molecular weight excluding hydrogens is 617 g/mol. The van der Waals surface area contributed by atoms with Gasteiger partial charge in [-0.15, -0.1) is 11.8 Å². The number of carbonyl (C=O) groups is 3. The van der Waals surface area contributed by atoms with Crippen LogP contribution in [0.3, 0.4) is 0 Å². The zero-order chi connectivity index (χ0) is 32.8. The van der Waals surface area contributed by atoms with Crippen LogP contribution in [-0.2, 0) is 14.4 Å². The number of thioether (sulfide) groups is 1. The van der Waals surface area contributed by atoms with Crippen molar-refractivity contribution in [1.29, 1.82) is 0 Å². The quantitative estimate of drug-likeness (QED) is 0.296. The van der Waals surface area contributed by atoms with Crippen molar-refractivity contribution in [3.8, 4) is 0 Å². The third-order valence-corrected chi connectivity index (χ3v) is 7.61. The molecule has 44 heavy (non-hydrogen) atoms. The summed E-state index contributed by atoms with van der Waals surface area (Å²) in [6.45, 7) is 1.20. The normalized spacial score (nSPS) is 16.9. The zero-order valence-electron chi connectivity index (χ0n) is 23.8. The number of hydrogen-bond acceptors (Lipinski definition) is 5. The number of primary amides is 1. The number of halogens is 7. The number of amides is 3. The number of anilines is 1. The molecule has 7 nitrogen and oxygen atoms in total. The van der Waals surface area contributed by atoms with E-state index in [-0.39, 0.29) is 11.6 Å². The molecule has 15 heteroatoms. The molecule has 1 heterocycles. The number of fused-ring (bicyclic) bond motifs is 1. The van der Waals surface area contributed by atoms with Gasteiger partial charge in [0.2, 0.25) is 11.8 Å². The van der Waals surface area contributed by atoms with Crippen molar-refractivity contribution in [3.05, 3.63) is 65.0 Å². The summed E-state index contributed by atoms with van der Waals surface area (Å²) in [4.78, 5) is 45.1. The number of nitrogens with zero attached hydrogens (tertiary/aromatic N) is 2. The Kier molecular flexibility index (Phi) is 11.4. The first kappa shape index (κ1) is 34.9. The number of nitrogens with two attached hydrogens (primary N) is 1. The molecule has 2 aromatic carbocycles. The summed E-state index contributed by atoms with van der Waals surface area (Å²) in [5, 5.41) is 2.34. The summed E-state index contributed by atoms with van der Waals surface area (Å²) >= 11 is 1.30. The number of alkyl halides is 6. The van der Waals surface area contributed by atoms with Gasteiger partial charge in [-0.1, -0.05) is 30.3 Å². The molecule has 0 aliphatic carbocycles. The number of carbonyl (C=O) groups excluding carboxylic acids is 3. The highest BCUT2D eigenvalue weighted by molar-refractivity contribution is 7.98. The van der Waals surface area contributed by atoms with E-state index in [1.165, 1.54) is 34.9 Å². The van der Waals surface area contributed by atoms with E-state index in [1.54, 1.807) is 37.4 Å². The van der Waals surface area contributed by atoms with Crippen molar-refractivity contribution < 1.29 is 45.1 Å². The fourth-order valence-electron chi connectivity index (χ4n) is 5.06. The number of benzodiazepines with no additional fused rings is 1. The molecule has 3 N–H and O–H groups in total. The van der Waals surface area contributed by atoms with E-state index < -0.39 is 86.0 Å². The fourth-order valence-corrected chi connectivity index (χ4v) is 5.57. The predicted molar refractivity (Wildman–Crippen MR) is 153 cm³/mol. The molecule has 240 valence electrons. The second-order valence-electron chi connectivity index (χ2n) is 10.3. The van der Waals surface area contributed by atoms with Gasteiger partial charge in [-0.3, -0.25) is 24.3 Å². The van der Waals surface area contributed by atoms with Crippen LogP contribution in [0.5, 0.6) is 0 Å². The number of para-hydroxylation sites is 1. The van der Waals surface area contributed by atoms with E-state index in [1.807, 2.05) is 0 Å². The number of benzene rings is 2. The van der Waals surface area contributed by atoms with E-state index >= 15 is 0 Å². The lowest BCUT2D eigenvalue weighted by molar-refractivity contribution is -0.152. The van der Waals surface area contributed by atoms with E-state index in [0.717, 1.165) is 0 Å². The molecule has 1 aliphatic heterocycles. The summed E-state index contributed by atoms with van der Waals surface area (Å²) in [7, 11) is 0. The van der Waals surface area contributed by atoms with Gasteiger partial charge >= 0.3 is 12.4 Å². The van der Waals surface area contributed by atoms with E-state index in [9.17, 15) is 45.1 Å². The highest BCUT2D eigenvalue weighted by Gasteiger charge is 2.40. The van der Waals surface area contributed by atoms with Crippen LogP contribution in [-0.4, -0.2) is 60.5 Å². The number of aliphatic imine (C=N–C) groups is 1. The molecule has 1 aliphatic rings. The smallest absolute Gasteiger partial charge is 0.369 e. The monoisotopic (exact) mass is 648 g/mol. The van der Waals surface area contributed by atoms with Crippen LogP contribution in [0, 0.1) is 24.6 Å². The maximum Gasteiger partial charge on any atom is 0.389 e. The maximum atomic E-state index is 14.2. The molecule has 3 atom stereocenters. The van der Waals surface area contributed by atoms with Gasteiger partial charge in [0, 0.05) is 42.3 Å². The average Bonchev–Trinajstić information content (AvgIpc) is 3.03. The Hall–Kier alpha value is -3.62. The van der Waals surface area contributed by atoms with Crippen molar-refractivity contribution in [1.82, 2.24) is 5.32 Å². The molecule has 0 aromatic heterocycles. The third-order valence-electron chi connectivity index (χ3n) is 7.09. The van der Waals surface area contributed by atoms with E-state index in [2.05, 4.69) is 10.3 Å². The van der Waals surface area contributed by atoms with Crippen LogP contribution in [0.25, 0.3) is 0 Å². The average molecular weight is 649 g/mol. The van der Waals surface area contributed by atoms with Crippen LogP contribution in [0.15, 0.2) is 47.5 Å². The molecule has 0 spiro atoms. The topological polar surface area (TPSA) is 105 Å². The Morgan fingerprint density at radius 3 is 2.20 bits per heavy atom. The van der Waals surface area contributed by atoms with Crippen molar-refractivity contribution in [3.63, 3.8) is 0 Å². The Bertz CT molecular complexity index is 1400. The summed E-state index contributed by atoms with van der Waals surface area (Å²) in [6.07, 6.45) is -12.9. The summed E-state index contributed by atoms with van der Waals surface area (Å²) < 4.78 is 92.2. The number of nitrogens with one attached hydrogen (secondary N) is 1. The molecule has 0 unspecified atom stereocenters. The zero-order valence-corrected chi connectivity index (χ0v) is 24.6. The fraction of sp³-hybridized carbons (Fsp3) is 0.448. The molecular formula is C29H31F7N4O3S. The standard InChI is InChI=1S/C29H31F7N4O3S/c1-16-5-3-8-21-23(17-6-4-7-18(30)13-17)39-22(27(43)40(15-44-2)24(16)21)14-38-26(42)20(10-12-29(34,35)36)19(25(37)41)9-11-28(31,32)33/h3-8,13,19-20,22H,9-12,14-15H2,1-2H3,(H2,37,41)(H,38,42)/t19-,20+,22-/m0/s1. The van der Waals surface area contributed by atoms with Crippen molar-refractivity contribution in [2.75, 3.05) is 23.6 Å². The van der Waals surface area contributed by atoms with Crippen LogP contribution in [0.1, 0.15) is 42.4 Å². The van der Waals surface area contributed by atoms with Gasteiger partial charge in [0.15, 0.2) is 0 Å². The van der Waals surface area contributed by atoms with Crippen LogP contribution >= 0.6 is 11.8 Å². The number of rotatable bonds is 12. The first-order chi connectivity index (χ1) is 20.5. The van der Waals surface area contributed by atoms with Gasteiger partial charge in [0.1, 0.15) is 11.9 Å². The largest absolute Gasteiger partial charge is 0.389 e. The Balaban J connectivity index is 2.01. The molecule has 0 saturated heterocycles. The van der Waals surface area contributed by atoms with Gasteiger partial charge in [-0.2, -0.15) is 26.3 Å². The maximum absolute atomic E-state index is 14.2. The molecule has 0 bridgehead atoms. The van der Waals surface area contributed by atoms with Crippen molar-refractivity contribution >= 4 is 40.9 Å². The first-order valence-corrected chi connectivity index (χ1v) is 14.9. The minimum Gasteiger partial charge on any atom is -0.369 e. The van der Waals surface area contributed by atoms with Gasteiger partial charge in [-0.25, -0.2) is 4.39 Å². The van der Waals surface area contributed by atoms with Crippen molar-refractivity contribution in [2.24, 2.45) is 22.6 Å². The lowest BCUT2D eigenvalue weighted by Gasteiger charge is -2.27. The summed E-state index contributed by atoms with van der Waals surface area (Å²) in [6, 6.07) is 9.27. The second-order valence-corrected chi connectivity index (χ2v) is 11.2. The third kappa shape index (κ3) is 9.19. The van der Waals surface area contributed by atoms with Gasteiger partial charge in [-0.05, 0) is 43.7 Å². The van der Waals surface area contributed by atoms with Gasteiger partial charge in [0.05, 0.1) is 17.3 Å². The Labute approximate surface area is 253 Å². The molecule has 3 rings (SSSR count). The Morgan fingerprint density at radius 1 is 1.02 bits per heavy atom. The Morgan fingerprint density at radius 2 is 1.64 bits per heavy atom. The van der Waals surface area contributed by atoms with Gasteiger partial charge in [0.25, 0.3) is 5.91 Å². The highest BCUT2D eigenvalue weighted by Crippen LogP contribution is 2.34. The van der Waals surface area contributed by atoms with Crippen LogP contribution in [0.2, 0.25) is 0 Å². The molecule has 0 saturated carbocycles. The molecule has 0 radical (unpaired) electrons. The lowest BCUT2D eigenvalue weighted by atomic mass is 9.83. The van der Waals surface area contributed by atoms with E-state index in [0.29, 0.717) is 22.4 Å². The minimum atomic E-state index is -4.77. The van der Waals surface area contributed by atoms with Crippen LogP contribution < -0.4 is 16.0 Å². The summed E-state index contributed by atoms with van der Waals surface area (Å²) in [5.74, 6) is -7.25. The van der Waals surface area contributed by atoms with Crippen molar-refractivity contribution in [2.45, 2.75) is 51.0 Å². The summed E-state index contributed by atoms with van der Waals surface area (Å²) in [5.41, 5.74) is 7.47. The SMILES string of the molecule is CSCN1C(=O)[C@H](CNC(=O)[C@H](CCC(F)(F)F)[C@H](CCC(F)(F)F)C(N)=O)N=C(c2cccc(F)c2)c2cccc(C)c21. The lowest BCUT2D eigenvalue weighted by Crippen LogP contribution is -2.47. The number of aryl methyl sites for hydroxylation is 1. The van der Waals surface area contributed by atoms with E-state index in [4.69, 9.17) is 5.73 Å². The highest BCUT2D eigenvalue weighted by atomic mass is 32.2. The molecule has 3 amide bonds. The van der Waals surface area contributed by atoms with Crippen LogP contribution in [0.4, 0.5) is 36.4 Å². The molecule has 0 fully saturated rings. The van der Waals surface area contributed by atoms with Gasteiger partial charge < -0.3 is 11.1 Å². The second kappa shape index (κ2) is 14.4.